The van der Waals surface area contributed by atoms with Gasteiger partial charge in [0, 0.05) is 4.47 Å². The molecule has 1 unspecified atom stereocenters. The molecule has 0 saturated carbocycles. The Labute approximate surface area is 130 Å². The summed E-state index contributed by atoms with van der Waals surface area (Å²) in [6.07, 6.45) is -4.31. The highest BCUT2D eigenvalue weighted by Gasteiger charge is 2.30. The van der Waals surface area contributed by atoms with Gasteiger partial charge in [-0.05, 0) is 54.9 Å². The summed E-state index contributed by atoms with van der Waals surface area (Å²) in [5, 5.41) is 3.16. The lowest BCUT2D eigenvalue weighted by Crippen LogP contribution is -2.19. The summed E-state index contributed by atoms with van der Waals surface area (Å²) in [6, 6.07) is 11.0. The van der Waals surface area contributed by atoms with E-state index in [4.69, 9.17) is 0 Å². The number of halogens is 4. The molecule has 0 fully saturated rings. The minimum Gasteiger partial charge on any atom is -0.309 e. The van der Waals surface area contributed by atoms with Crippen LogP contribution in [0.5, 0.6) is 0 Å². The third-order valence-corrected chi connectivity index (χ3v) is 3.91. The lowest BCUT2D eigenvalue weighted by Gasteiger charge is -2.20. The van der Waals surface area contributed by atoms with Crippen LogP contribution in [0.1, 0.15) is 28.3 Å². The second kappa shape index (κ2) is 6.20. The molecule has 0 aliphatic rings. The molecule has 0 bridgehead atoms. The quantitative estimate of drug-likeness (QED) is 0.806. The molecule has 1 N–H and O–H groups in total. The van der Waals surface area contributed by atoms with Crippen LogP contribution in [0, 0.1) is 6.92 Å². The summed E-state index contributed by atoms with van der Waals surface area (Å²) in [5.74, 6) is 0. The summed E-state index contributed by atoms with van der Waals surface area (Å²) in [5.41, 5.74) is 2.28. The molecule has 112 valence electrons. The number of rotatable bonds is 3. The van der Waals surface area contributed by atoms with Gasteiger partial charge in [-0.1, -0.05) is 34.1 Å². The van der Waals surface area contributed by atoms with Gasteiger partial charge in [-0.3, -0.25) is 0 Å². The first-order chi connectivity index (χ1) is 9.82. The lowest BCUT2D eigenvalue weighted by atomic mass is 9.94. The summed E-state index contributed by atoms with van der Waals surface area (Å²) in [6.45, 7) is 1.98. The van der Waals surface area contributed by atoms with Crippen LogP contribution in [0.25, 0.3) is 0 Å². The number of aryl methyl sites for hydroxylation is 1. The van der Waals surface area contributed by atoms with E-state index in [1.54, 1.807) is 7.05 Å². The molecule has 1 nitrogen and oxygen atoms in total. The molecule has 21 heavy (non-hydrogen) atoms. The molecule has 5 heteroatoms. The minimum atomic E-state index is -4.31. The maximum absolute atomic E-state index is 12.6. The maximum atomic E-state index is 12.6. The second-order valence-corrected chi connectivity index (χ2v) is 5.76. The molecular weight excluding hydrogens is 343 g/mol. The third-order valence-electron chi connectivity index (χ3n) is 3.41. The molecule has 0 spiro atoms. The Balaban J connectivity index is 2.40. The van der Waals surface area contributed by atoms with E-state index in [2.05, 4.69) is 21.2 Å². The Bertz CT molecular complexity index is 620. The van der Waals surface area contributed by atoms with Crippen LogP contribution < -0.4 is 5.32 Å². The molecule has 2 aromatic carbocycles. The zero-order chi connectivity index (χ0) is 15.6. The third kappa shape index (κ3) is 3.66. The molecule has 0 heterocycles. The van der Waals surface area contributed by atoms with Crippen molar-refractivity contribution in [2.45, 2.75) is 19.1 Å². The van der Waals surface area contributed by atoms with E-state index < -0.39 is 11.7 Å². The van der Waals surface area contributed by atoms with Gasteiger partial charge in [0.05, 0.1) is 11.6 Å². The SMILES string of the molecule is CNC(c1ccc(C(F)(F)F)cc1)c1cc(Br)ccc1C. The first-order valence-electron chi connectivity index (χ1n) is 6.43. The monoisotopic (exact) mass is 357 g/mol. The van der Waals surface area contributed by atoms with E-state index in [1.165, 1.54) is 12.1 Å². The van der Waals surface area contributed by atoms with Gasteiger partial charge in [-0.2, -0.15) is 13.2 Å². The molecule has 2 aromatic rings. The van der Waals surface area contributed by atoms with Gasteiger partial charge in [-0.15, -0.1) is 0 Å². The zero-order valence-electron chi connectivity index (χ0n) is 11.6. The van der Waals surface area contributed by atoms with E-state index in [1.807, 2.05) is 25.1 Å². The Morgan fingerprint density at radius 2 is 1.67 bits per heavy atom. The van der Waals surface area contributed by atoms with Crippen LogP contribution in [0.15, 0.2) is 46.9 Å². The van der Waals surface area contributed by atoms with Gasteiger partial charge in [0.15, 0.2) is 0 Å². The van der Waals surface area contributed by atoms with Crippen LogP contribution >= 0.6 is 15.9 Å². The summed E-state index contributed by atoms with van der Waals surface area (Å²) >= 11 is 3.43. The lowest BCUT2D eigenvalue weighted by molar-refractivity contribution is -0.137. The topological polar surface area (TPSA) is 12.0 Å². The van der Waals surface area contributed by atoms with Crippen LogP contribution in [0.2, 0.25) is 0 Å². The molecule has 0 saturated heterocycles. The molecule has 0 aliphatic carbocycles. The van der Waals surface area contributed by atoms with E-state index in [-0.39, 0.29) is 6.04 Å². The van der Waals surface area contributed by atoms with Crippen LogP contribution in [-0.2, 0) is 6.18 Å². The standard InChI is InChI=1S/C16H15BrF3N/c1-10-3-8-13(17)9-14(10)15(21-2)11-4-6-12(7-5-11)16(18,19)20/h3-9,15,21H,1-2H3. The molecule has 2 rings (SSSR count). The van der Waals surface area contributed by atoms with Crippen molar-refractivity contribution in [2.75, 3.05) is 7.05 Å². The van der Waals surface area contributed by atoms with Crippen molar-refractivity contribution in [3.8, 4) is 0 Å². The van der Waals surface area contributed by atoms with Crippen molar-refractivity contribution in [1.29, 1.82) is 0 Å². The highest BCUT2D eigenvalue weighted by atomic mass is 79.9. The molecule has 0 aliphatic heterocycles. The predicted molar refractivity (Wildman–Crippen MR) is 81.2 cm³/mol. The number of benzene rings is 2. The second-order valence-electron chi connectivity index (χ2n) is 4.84. The largest absolute Gasteiger partial charge is 0.416 e. The average Bonchev–Trinajstić information content (AvgIpc) is 2.43. The Kier molecular flexibility index (Phi) is 4.74. The fourth-order valence-corrected chi connectivity index (χ4v) is 2.67. The van der Waals surface area contributed by atoms with Crippen molar-refractivity contribution in [3.05, 3.63) is 69.2 Å². The van der Waals surface area contributed by atoms with E-state index >= 15 is 0 Å². The average molecular weight is 358 g/mol. The summed E-state index contributed by atoms with van der Waals surface area (Å²) in [4.78, 5) is 0. The number of nitrogens with one attached hydrogen (secondary N) is 1. The summed E-state index contributed by atoms with van der Waals surface area (Å²) in [7, 11) is 1.79. The minimum absolute atomic E-state index is 0.148. The normalized spacial score (nSPS) is 13.2. The maximum Gasteiger partial charge on any atom is 0.416 e. The first kappa shape index (κ1) is 16.0. The molecule has 0 radical (unpaired) electrons. The predicted octanol–water partition coefficient (Wildman–Crippen LogP) is 5.09. The molecule has 0 amide bonds. The Hall–Kier alpha value is -1.33. The Morgan fingerprint density at radius 3 is 2.19 bits per heavy atom. The van der Waals surface area contributed by atoms with E-state index in [0.717, 1.165) is 33.3 Å². The van der Waals surface area contributed by atoms with E-state index in [9.17, 15) is 13.2 Å². The number of hydrogen-bond acceptors (Lipinski definition) is 1. The highest BCUT2D eigenvalue weighted by molar-refractivity contribution is 9.10. The van der Waals surface area contributed by atoms with Gasteiger partial charge >= 0.3 is 6.18 Å². The van der Waals surface area contributed by atoms with Crippen molar-refractivity contribution >= 4 is 15.9 Å². The Morgan fingerprint density at radius 1 is 1.05 bits per heavy atom. The summed E-state index contributed by atoms with van der Waals surface area (Å²) < 4.78 is 38.8. The number of alkyl halides is 3. The van der Waals surface area contributed by atoms with Crippen molar-refractivity contribution in [1.82, 2.24) is 5.32 Å². The van der Waals surface area contributed by atoms with Gasteiger partial charge < -0.3 is 5.32 Å². The number of hydrogen-bond donors (Lipinski definition) is 1. The van der Waals surface area contributed by atoms with Gasteiger partial charge in [-0.25, -0.2) is 0 Å². The fourth-order valence-electron chi connectivity index (χ4n) is 2.29. The molecular formula is C16H15BrF3N. The molecule has 0 aromatic heterocycles. The van der Waals surface area contributed by atoms with Crippen LogP contribution in [0.4, 0.5) is 13.2 Å². The smallest absolute Gasteiger partial charge is 0.309 e. The zero-order valence-corrected chi connectivity index (χ0v) is 13.2. The van der Waals surface area contributed by atoms with E-state index in [0.29, 0.717) is 0 Å². The van der Waals surface area contributed by atoms with Gasteiger partial charge in [0.25, 0.3) is 0 Å². The van der Waals surface area contributed by atoms with Crippen LogP contribution in [-0.4, -0.2) is 7.05 Å². The fraction of sp³-hybridized carbons (Fsp3) is 0.250. The van der Waals surface area contributed by atoms with Crippen molar-refractivity contribution in [3.63, 3.8) is 0 Å². The van der Waals surface area contributed by atoms with Gasteiger partial charge in [0.1, 0.15) is 0 Å². The van der Waals surface area contributed by atoms with Gasteiger partial charge in [0.2, 0.25) is 0 Å². The van der Waals surface area contributed by atoms with Crippen molar-refractivity contribution < 1.29 is 13.2 Å². The van der Waals surface area contributed by atoms with Crippen molar-refractivity contribution in [2.24, 2.45) is 0 Å². The molecule has 1 atom stereocenters. The van der Waals surface area contributed by atoms with Crippen LogP contribution in [0.3, 0.4) is 0 Å². The highest BCUT2D eigenvalue weighted by Crippen LogP contribution is 2.32. The first-order valence-corrected chi connectivity index (χ1v) is 7.22.